The van der Waals surface area contributed by atoms with Gasteiger partial charge in [-0.2, -0.15) is 13.2 Å². The summed E-state index contributed by atoms with van der Waals surface area (Å²) in [4.78, 5) is 10.0. The molecule has 0 amide bonds. The van der Waals surface area contributed by atoms with Gasteiger partial charge in [0, 0.05) is 24.2 Å². The van der Waals surface area contributed by atoms with Crippen molar-refractivity contribution in [3.05, 3.63) is 63.2 Å². The van der Waals surface area contributed by atoms with E-state index < -0.39 is 32.4 Å². The Balaban J connectivity index is 2.02. The first-order valence-electron chi connectivity index (χ1n) is 7.35. The largest absolute Gasteiger partial charge is 0.416 e. The van der Waals surface area contributed by atoms with Crippen molar-refractivity contribution in [3.63, 3.8) is 0 Å². The van der Waals surface area contributed by atoms with E-state index in [0.717, 1.165) is 6.07 Å². The normalized spacial score (nSPS) is 12.0. The van der Waals surface area contributed by atoms with Gasteiger partial charge in [0.25, 0.3) is 5.69 Å². The van der Waals surface area contributed by atoms with Crippen LogP contribution in [0.5, 0.6) is 0 Å². The number of sulfonamides is 1. The quantitative estimate of drug-likeness (QED) is 0.402. The molecule has 27 heavy (non-hydrogen) atoms. The summed E-state index contributed by atoms with van der Waals surface area (Å²) >= 11 is 5.69. The van der Waals surface area contributed by atoms with Crippen molar-refractivity contribution in [3.8, 4) is 0 Å². The first-order valence-corrected chi connectivity index (χ1v) is 9.21. The van der Waals surface area contributed by atoms with Gasteiger partial charge in [0.1, 0.15) is 5.69 Å². The van der Waals surface area contributed by atoms with Crippen LogP contribution in [0.15, 0.2) is 47.4 Å². The van der Waals surface area contributed by atoms with Gasteiger partial charge in [-0.05, 0) is 36.4 Å². The lowest BCUT2D eigenvalue weighted by molar-refractivity contribution is -0.384. The number of nitrogens with one attached hydrogen (secondary N) is 2. The van der Waals surface area contributed by atoms with Crippen molar-refractivity contribution >= 4 is 33.0 Å². The maximum Gasteiger partial charge on any atom is 0.416 e. The standard InChI is InChI=1S/C15H13ClF3N3O4S/c16-11-2-4-12(5-3-11)27(25,26)21-8-7-20-13-6-1-10(15(17,18)19)9-14(13)22(23)24/h1-6,9,20-21H,7-8H2. The summed E-state index contributed by atoms with van der Waals surface area (Å²) < 4.78 is 64.4. The number of nitro groups is 1. The molecule has 2 aromatic rings. The van der Waals surface area contributed by atoms with Crippen molar-refractivity contribution in [1.29, 1.82) is 0 Å². The van der Waals surface area contributed by atoms with Crippen LogP contribution in [0, 0.1) is 10.1 Å². The van der Waals surface area contributed by atoms with Crippen molar-refractivity contribution in [2.24, 2.45) is 0 Å². The molecule has 0 fully saturated rings. The van der Waals surface area contributed by atoms with Crippen molar-refractivity contribution in [2.75, 3.05) is 18.4 Å². The van der Waals surface area contributed by atoms with E-state index in [4.69, 9.17) is 11.6 Å². The summed E-state index contributed by atoms with van der Waals surface area (Å²) in [7, 11) is -3.82. The van der Waals surface area contributed by atoms with Gasteiger partial charge in [0.15, 0.2) is 0 Å². The molecule has 0 bridgehead atoms. The van der Waals surface area contributed by atoms with Crippen LogP contribution < -0.4 is 10.0 Å². The Morgan fingerprint density at radius 3 is 2.26 bits per heavy atom. The number of nitro benzene ring substituents is 1. The zero-order valence-electron chi connectivity index (χ0n) is 13.5. The molecule has 0 aliphatic heterocycles. The molecule has 2 N–H and O–H groups in total. The van der Waals surface area contributed by atoms with Gasteiger partial charge in [-0.15, -0.1) is 0 Å². The fourth-order valence-electron chi connectivity index (χ4n) is 2.09. The lowest BCUT2D eigenvalue weighted by Gasteiger charge is -2.11. The fraction of sp³-hybridized carbons (Fsp3) is 0.200. The fourth-order valence-corrected chi connectivity index (χ4v) is 3.25. The number of alkyl halides is 3. The molecule has 0 saturated heterocycles. The van der Waals surface area contributed by atoms with E-state index in [1.165, 1.54) is 24.3 Å². The zero-order valence-corrected chi connectivity index (χ0v) is 15.0. The molecule has 0 heterocycles. The molecule has 0 aliphatic rings. The highest BCUT2D eigenvalue weighted by Gasteiger charge is 2.33. The van der Waals surface area contributed by atoms with Crippen molar-refractivity contribution in [1.82, 2.24) is 4.72 Å². The minimum absolute atomic E-state index is 0.0209. The lowest BCUT2D eigenvalue weighted by atomic mass is 10.1. The van der Waals surface area contributed by atoms with Crippen LogP contribution in [-0.2, 0) is 16.2 Å². The van der Waals surface area contributed by atoms with Crippen LogP contribution in [-0.4, -0.2) is 26.4 Å². The molecule has 0 aromatic heterocycles. The molecule has 2 aromatic carbocycles. The van der Waals surface area contributed by atoms with Gasteiger partial charge in [-0.25, -0.2) is 13.1 Å². The molecule has 0 unspecified atom stereocenters. The van der Waals surface area contributed by atoms with Crippen LogP contribution >= 0.6 is 11.6 Å². The first-order chi connectivity index (χ1) is 12.5. The Kier molecular flexibility index (Phi) is 6.29. The predicted octanol–water partition coefficient (Wildman–Crippen LogP) is 3.66. The second-order valence-electron chi connectivity index (χ2n) is 5.27. The molecule has 0 radical (unpaired) electrons. The minimum Gasteiger partial charge on any atom is -0.378 e. The highest BCUT2D eigenvalue weighted by molar-refractivity contribution is 7.89. The molecule has 146 valence electrons. The molecule has 0 atom stereocenters. The molecule has 2 rings (SSSR count). The van der Waals surface area contributed by atoms with Gasteiger partial charge < -0.3 is 5.32 Å². The maximum absolute atomic E-state index is 12.7. The topological polar surface area (TPSA) is 101 Å². The van der Waals surface area contributed by atoms with E-state index in [9.17, 15) is 31.7 Å². The molecule has 7 nitrogen and oxygen atoms in total. The summed E-state index contributed by atoms with van der Waals surface area (Å²) in [5.74, 6) is 0. The minimum atomic E-state index is -4.71. The van der Waals surface area contributed by atoms with E-state index in [0.29, 0.717) is 17.2 Å². The average Bonchev–Trinajstić information content (AvgIpc) is 2.58. The summed E-state index contributed by atoms with van der Waals surface area (Å²) in [6, 6.07) is 7.46. The van der Waals surface area contributed by atoms with Gasteiger partial charge in [-0.1, -0.05) is 11.6 Å². The van der Waals surface area contributed by atoms with Gasteiger partial charge in [0.2, 0.25) is 10.0 Å². The third kappa shape index (κ3) is 5.55. The maximum atomic E-state index is 12.7. The van der Waals surface area contributed by atoms with E-state index in [1.54, 1.807) is 0 Å². The molecule has 0 aliphatic carbocycles. The Labute approximate surface area is 157 Å². The van der Waals surface area contributed by atoms with Gasteiger partial charge in [-0.3, -0.25) is 10.1 Å². The van der Waals surface area contributed by atoms with Gasteiger partial charge >= 0.3 is 6.18 Å². The highest BCUT2D eigenvalue weighted by atomic mass is 35.5. The molecule has 0 spiro atoms. The third-order valence-electron chi connectivity index (χ3n) is 3.38. The van der Waals surface area contributed by atoms with Crippen LogP contribution in [0.25, 0.3) is 0 Å². The van der Waals surface area contributed by atoms with E-state index in [-0.39, 0.29) is 23.7 Å². The summed E-state index contributed by atoms with van der Waals surface area (Å²) in [5, 5.41) is 13.9. The number of halogens is 4. The molecule has 0 saturated carbocycles. The summed E-state index contributed by atoms with van der Waals surface area (Å²) in [5.41, 5.74) is -2.06. The Hall–Kier alpha value is -2.37. The predicted molar refractivity (Wildman–Crippen MR) is 93.2 cm³/mol. The van der Waals surface area contributed by atoms with Crippen molar-refractivity contribution in [2.45, 2.75) is 11.1 Å². The van der Waals surface area contributed by atoms with Crippen LogP contribution in [0.1, 0.15) is 5.56 Å². The second-order valence-corrected chi connectivity index (χ2v) is 7.47. The third-order valence-corrected chi connectivity index (χ3v) is 5.11. The molecule has 12 heteroatoms. The highest BCUT2D eigenvalue weighted by Crippen LogP contribution is 2.34. The summed E-state index contributed by atoms with van der Waals surface area (Å²) in [6.45, 7) is -0.234. The molecular weight excluding hydrogens is 411 g/mol. The number of benzene rings is 2. The van der Waals surface area contributed by atoms with Gasteiger partial charge in [0.05, 0.1) is 15.4 Å². The number of hydrogen-bond donors (Lipinski definition) is 2. The number of anilines is 1. The Bertz CT molecular complexity index is 934. The number of nitrogens with zero attached hydrogens (tertiary/aromatic N) is 1. The summed E-state index contributed by atoms with van der Waals surface area (Å²) in [6.07, 6.45) is -4.71. The van der Waals surface area contributed by atoms with Crippen LogP contribution in [0.2, 0.25) is 5.02 Å². The van der Waals surface area contributed by atoms with E-state index in [1.807, 2.05) is 0 Å². The Morgan fingerprint density at radius 1 is 1.07 bits per heavy atom. The first kappa shape index (κ1) is 20.9. The number of rotatable bonds is 7. The smallest absolute Gasteiger partial charge is 0.378 e. The van der Waals surface area contributed by atoms with E-state index >= 15 is 0 Å². The Morgan fingerprint density at radius 2 is 1.70 bits per heavy atom. The van der Waals surface area contributed by atoms with E-state index in [2.05, 4.69) is 10.0 Å². The zero-order chi connectivity index (χ0) is 20.2. The molecular formula is C15H13ClF3N3O4S. The lowest BCUT2D eigenvalue weighted by Crippen LogP contribution is -2.29. The SMILES string of the molecule is O=[N+]([O-])c1cc(C(F)(F)F)ccc1NCCNS(=O)(=O)c1ccc(Cl)cc1. The monoisotopic (exact) mass is 423 g/mol. The van der Waals surface area contributed by atoms with Crippen LogP contribution in [0.3, 0.4) is 0 Å². The second kappa shape index (κ2) is 8.11. The van der Waals surface area contributed by atoms with Crippen molar-refractivity contribution < 1.29 is 26.5 Å². The average molecular weight is 424 g/mol. The van der Waals surface area contributed by atoms with Crippen LogP contribution in [0.4, 0.5) is 24.5 Å². The number of hydrogen-bond acceptors (Lipinski definition) is 5.